The maximum Gasteiger partial charge on any atom is 0.347 e. The average molecular weight is 299 g/mol. The van der Waals surface area contributed by atoms with Crippen LogP contribution in [0.15, 0.2) is 0 Å². The molecule has 0 saturated carbocycles. The Morgan fingerprint density at radius 3 is 2.50 bits per heavy atom. The summed E-state index contributed by atoms with van der Waals surface area (Å²) in [4.78, 5) is 20.6. The first kappa shape index (κ1) is 16.9. The first-order valence-electron chi connectivity index (χ1n) is 7.05. The molecule has 114 valence electrons. The van der Waals surface area contributed by atoms with Crippen molar-refractivity contribution in [1.29, 1.82) is 0 Å². The molecule has 6 heteroatoms. The zero-order valence-electron chi connectivity index (χ0n) is 13.0. The second kappa shape index (κ2) is 7.59. The van der Waals surface area contributed by atoms with Gasteiger partial charge in [-0.3, -0.25) is 0 Å². The Bertz CT molecular complexity index is 446. The van der Waals surface area contributed by atoms with Crippen molar-refractivity contribution in [2.24, 2.45) is 0 Å². The summed E-state index contributed by atoms with van der Waals surface area (Å²) in [5.74, 6) is -0.867. The molecule has 0 aliphatic rings. The molecule has 0 saturated heterocycles. The van der Waals surface area contributed by atoms with Gasteiger partial charge in [-0.2, -0.15) is 0 Å². The highest BCUT2D eigenvalue weighted by molar-refractivity contribution is 7.17. The summed E-state index contributed by atoms with van der Waals surface area (Å²) in [6.45, 7) is 8.00. The molecule has 0 amide bonds. The lowest BCUT2D eigenvalue weighted by molar-refractivity contribution is 0.0700. The van der Waals surface area contributed by atoms with Crippen LogP contribution in [0, 0.1) is 0 Å². The predicted octanol–water partition coefficient (Wildman–Crippen LogP) is 2.57. The molecule has 1 N–H and O–H groups in total. The molecule has 0 spiro atoms. The van der Waals surface area contributed by atoms with E-state index in [9.17, 15) is 9.90 Å². The minimum atomic E-state index is -0.867. The van der Waals surface area contributed by atoms with E-state index in [0.717, 1.165) is 36.8 Å². The molecule has 0 fully saturated rings. The van der Waals surface area contributed by atoms with Crippen molar-refractivity contribution >= 4 is 22.4 Å². The molecule has 0 aliphatic carbocycles. The third kappa shape index (κ3) is 4.18. The molecule has 1 aromatic heterocycles. The number of thiazole rings is 1. The number of hydrogen-bond donors (Lipinski definition) is 1. The van der Waals surface area contributed by atoms with Crippen LogP contribution in [-0.4, -0.2) is 54.2 Å². The van der Waals surface area contributed by atoms with E-state index in [2.05, 4.69) is 28.6 Å². The number of carboxylic acids is 1. The van der Waals surface area contributed by atoms with Crippen LogP contribution in [0.4, 0.5) is 5.13 Å². The number of aromatic carboxylic acids is 1. The number of hydrogen-bond acceptors (Lipinski definition) is 5. The van der Waals surface area contributed by atoms with Gasteiger partial charge in [0.2, 0.25) is 0 Å². The molecule has 1 heterocycles. The second-order valence-electron chi connectivity index (χ2n) is 5.22. The van der Waals surface area contributed by atoms with Gasteiger partial charge >= 0.3 is 5.97 Å². The van der Waals surface area contributed by atoms with Crippen LogP contribution in [-0.2, 0) is 6.42 Å². The van der Waals surface area contributed by atoms with Gasteiger partial charge in [-0.05, 0) is 34.4 Å². The Balaban J connectivity index is 3.03. The summed E-state index contributed by atoms with van der Waals surface area (Å²) in [5, 5.41) is 10.1. The van der Waals surface area contributed by atoms with Crippen molar-refractivity contribution in [3.63, 3.8) is 0 Å². The Kier molecular flexibility index (Phi) is 6.42. The quantitative estimate of drug-likeness (QED) is 0.799. The molecule has 20 heavy (non-hydrogen) atoms. The Morgan fingerprint density at radius 1 is 1.40 bits per heavy atom. The van der Waals surface area contributed by atoms with Crippen molar-refractivity contribution in [3.8, 4) is 0 Å². The third-order valence-corrected chi connectivity index (χ3v) is 4.24. The highest BCUT2D eigenvalue weighted by Crippen LogP contribution is 2.28. The van der Waals surface area contributed by atoms with Crippen LogP contribution in [0.2, 0.25) is 0 Å². The van der Waals surface area contributed by atoms with Gasteiger partial charge in [0.05, 0.1) is 5.69 Å². The highest BCUT2D eigenvalue weighted by Gasteiger charge is 2.22. The summed E-state index contributed by atoms with van der Waals surface area (Å²) in [5.41, 5.74) is 0.718. The zero-order valence-corrected chi connectivity index (χ0v) is 13.8. The molecule has 1 rings (SSSR count). The van der Waals surface area contributed by atoms with Gasteiger partial charge in [0.1, 0.15) is 4.88 Å². The van der Waals surface area contributed by atoms with E-state index in [0.29, 0.717) is 10.9 Å². The van der Waals surface area contributed by atoms with Crippen LogP contribution in [0.3, 0.4) is 0 Å². The molecular weight excluding hydrogens is 274 g/mol. The standard InChI is InChI=1S/C14H25N3O2S/c1-6-8-11-12(13(18)19)20-14(15-11)17(7-2)10(3)9-16(4)5/h10H,6-9H2,1-5H3,(H,18,19). The smallest absolute Gasteiger partial charge is 0.347 e. The maximum absolute atomic E-state index is 11.3. The third-order valence-electron chi connectivity index (χ3n) is 3.11. The Hall–Kier alpha value is -1.14. The number of carbonyl (C=O) groups is 1. The zero-order chi connectivity index (χ0) is 15.3. The number of nitrogens with zero attached hydrogens (tertiary/aromatic N) is 3. The largest absolute Gasteiger partial charge is 0.477 e. The summed E-state index contributed by atoms with van der Waals surface area (Å²) in [6.07, 6.45) is 1.63. The lowest BCUT2D eigenvalue weighted by Gasteiger charge is -2.29. The van der Waals surface area contributed by atoms with Gasteiger partial charge in [0.25, 0.3) is 0 Å². The van der Waals surface area contributed by atoms with Gasteiger partial charge in [-0.1, -0.05) is 24.7 Å². The fraction of sp³-hybridized carbons (Fsp3) is 0.714. The van der Waals surface area contributed by atoms with Crippen molar-refractivity contribution in [3.05, 3.63) is 10.6 Å². The fourth-order valence-corrected chi connectivity index (χ4v) is 3.42. The number of aryl methyl sites for hydroxylation is 1. The van der Waals surface area contributed by atoms with Crippen molar-refractivity contribution in [2.45, 2.75) is 39.7 Å². The van der Waals surface area contributed by atoms with Crippen LogP contribution < -0.4 is 4.90 Å². The van der Waals surface area contributed by atoms with Gasteiger partial charge in [-0.15, -0.1) is 0 Å². The molecule has 1 unspecified atom stereocenters. The van der Waals surface area contributed by atoms with E-state index < -0.39 is 5.97 Å². The van der Waals surface area contributed by atoms with Crippen molar-refractivity contribution in [1.82, 2.24) is 9.88 Å². The van der Waals surface area contributed by atoms with E-state index in [-0.39, 0.29) is 0 Å². The Labute approximate surface area is 125 Å². The molecular formula is C14H25N3O2S. The minimum absolute atomic E-state index is 0.303. The minimum Gasteiger partial charge on any atom is -0.477 e. The average Bonchev–Trinajstić information content (AvgIpc) is 2.73. The van der Waals surface area contributed by atoms with E-state index in [4.69, 9.17) is 0 Å². The topological polar surface area (TPSA) is 56.7 Å². The number of anilines is 1. The molecule has 1 atom stereocenters. The highest BCUT2D eigenvalue weighted by atomic mass is 32.1. The van der Waals surface area contributed by atoms with Gasteiger partial charge in [0.15, 0.2) is 5.13 Å². The first-order chi connectivity index (χ1) is 9.40. The van der Waals surface area contributed by atoms with Crippen LogP contribution in [0.1, 0.15) is 42.6 Å². The SMILES string of the molecule is CCCc1nc(N(CC)C(C)CN(C)C)sc1C(=O)O. The van der Waals surface area contributed by atoms with Crippen LogP contribution in [0.25, 0.3) is 0 Å². The summed E-state index contributed by atoms with van der Waals surface area (Å²) in [7, 11) is 4.08. The van der Waals surface area contributed by atoms with Crippen molar-refractivity contribution < 1.29 is 9.90 Å². The Morgan fingerprint density at radius 2 is 2.05 bits per heavy atom. The van der Waals surface area contributed by atoms with Crippen LogP contribution in [0.5, 0.6) is 0 Å². The molecule has 0 aromatic carbocycles. The van der Waals surface area contributed by atoms with Crippen molar-refractivity contribution in [2.75, 3.05) is 32.1 Å². The molecule has 1 aromatic rings. The first-order valence-corrected chi connectivity index (χ1v) is 7.86. The fourth-order valence-electron chi connectivity index (χ4n) is 2.30. The van der Waals surface area contributed by atoms with E-state index >= 15 is 0 Å². The molecule has 0 radical (unpaired) electrons. The maximum atomic E-state index is 11.3. The van der Waals surface area contributed by atoms with E-state index in [1.165, 1.54) is 11.3 Å². The van der Waals surface area contributed by atoms with Gasteiger partial charge in [-0.25, -0.2) is 9.78 Å². The lowest BCUT2D eigenvalue weighted by atomic mass is 10.2. The summed E-state index contributed by atoms with van der Waals surface area (Å²) < 4.78 is 0. The monoisotopic (exact) mass is 299 g/mol. The molecule has 0 bridgehead atoms. The molecule has 0 aliphatic heterocycles. The van der Waals surface area contributed by atoms with Crippen LogP contribution >= 0.6 is 11.3 Å². The van der Waals surface area contributed by atoms with Gasteiger partial charge < -0.3 is 14.9 Å². The number of likely N-dealkylation sites (N-methyl/N-ethyl adjacent to an activating group) is 2. The van der Waals surface area contributed by atoms with E-state index in [1.54, 1.807) is 0 Å². The molecule has 5 nitrogen and oxygen atoms in total. The number of aromatic nitrogens is 1. The van der Waals surface area contributed by atoms with Gasteiger partial charge in [0, 0.05) is 19.1 Å². The summed E-state index contributed by atoms with van der Waals surface area (Å²) >= 11 is 1.29. The summed E-state index contributed by atoms with van der Waals surface area (Å²) in [6, 6.07) is 0.303. The number of carboxylic acid groups (broad SMARTS) is 1. The normalized spacial score (nSPS) is 12.7. The lowest BCUT2D eigenvalue weighted by Crippen LogP contribution is -2.40. The number of rotatable bonds is 8. The predicted molar refractivity (Wildman–Crippen MR) is 84.1 cm³/mol. The second-order valence-corrected chi connectivity index (χ2v) is 6.20. The van der Waals surface area contributed by atoms with E-state index in [1.807, 2.05) is 21.0 Å².